The minimum Gasteiger partial charge on any atom is -0.497 e. The Morgan fingerprint density at radius 1 is 1.08 bits per heavy atom. The zero-order valence-electron chi connectivity index (χ0n) is 20.2. The predicted molar refractivity (Wildman–Crippen MR) is 145 cm³/mol. The molecule has 0 bridgehead atoms. The number of hydrogen-bond acceptors (Lipinski definition) is 4. The number of fused-ring (bicyclic) bond motifs is 5. The maximum atomic E-state index is 14.0. The first-order chi connectivity index (χ1) is 17.5. The lowest BCUT2D eigenvalue weighted by Crippen LogP contribution is -2.38. The Labute approximate surface area is 219 Å². The van der Waals surface area contributed by atoms with Crippen LogP contribution in [0.4, 0.5) is 10.5 Å². The summed E-state index contributed by atoms with van der Waals surface area (Å²) in [6, 6.07) is 19.0. The second-order valence-electron chi connectivity index (χ2n) is 9.33. The first-order valence-electron chi connectivity index (χ1n) is 12.0. The fourth-order valence-corrected chi connectivity index (χ4v) is 6.91. The van der Waals surface area contributed by atoms with Crippen LogP contribution in [-0.4, -0.2) is 41.1 Å². The van der Waals surface area contributed by atoms with Crippen LogP contribution in [0, 0.1) is 0 Å². The van der Waals surface area contributed by atoms with Crippen molar-refractivity contribution in [2.75, 3.05) is 26.0 Å². The molecule has 0 saturated heterocycles. The highest BCUT2D eigenvalue weighted by Crippen LogP contribution is 2.44. The van der Waals surface area contributed by atoms with Gasteiger partial charge in [-0.05, 0) is 67.1 Å². The molecule has 8 heteroatoms. The van der Waals surface area contributed by atoms with E-state index in [1.807, 2.05) is 46.6 Å². The number of halogens is 1. The van der Waals surface area contributed by atoms with Gasteiger partial charge in [-0.25, -0.2) is 4.79 Å². The van der Waals surface area contributed by atoms with Gasteiger partial charge >= 0.3 is 6.03 Å². The van der Waals surface area contributed by atoms with E-state index < -0.39 is 0 Å². The van der Waals surface area contributed by atoms with Crippen molar-refractivity contribution in [2.45, 2.75) is 25.6 Å². The van der Waals surface area contributed by atoms with Crippen LogP contribution in [0.3, 0.4) is 0 Å². The van der Waals surface area contributed by atoms with Crippen LogP contribution in [0.15, 0.2) is 66.9 Å². The van der Waals surface area contributed by atoms with Crippen molar-refractivity contribution in [3.05, 3.63) is 99.1 Å². The Kier molecular flexibility index (Phi) is 5.99. The van der Waals surface area contributed by atoms with Gasteiger partial charge in [-0.2, -0.15) is 0 Å². The summed E-state index contributed by atoms with van der Waals surface area (Å²) in [6.45, 7) is 2.47. The Hall–Kier alpha value is -3.26. The Morgan fingerprint density at radius 2 is 1.94 bits per heavy atom. The molecule has 184 valence electrons. The molecular formula is C28H27ClN4O2S. The summed E-state index contributed by atoms with van der Waals surface area (Å²) in [7, 11) is 3.83. The zero-order chi connectivity index (χ0) is 24.8. The van der Waals surface area contributed by atoms with Crippen molar-refractivity contribution in [3.63, 3.8) is 0 Å². The number of nitrogens with zero attached hydrogens (tertiary/aromatic N) is 3. The molecule has 0 radical (unpaired) electrons. The number of carbonyl (C=O) groups is 1. The van der Waals surface area contributed by atoms with Gasteiger partial charge in [-0.1, -0.05) is 29.8 Å². The van der Waals surface area contributed by atoms with Crippen molar-refractivity contribution in [1.82, 2.24) is 14.4 Å². The lowest BCUT2D eigenvalue weighted by atomic mass is 10.00. The summed E-state index contributed by atoms with van der Waals surface area (Å²) >= 11 is 8.06. The number of carbonyl (C=O) groups excluding carboxylic acids is 1. The van der Waals surface area contributed by atoms with E-state index in [4.69, 9.17) is 16.3 Å². The number of rotatable bonds is 3. The van der Waals surface area contributed by atoms with Crippen molar-refractivity contribution in [1.29, 1.82) is 0 Å². The summed E-state index contributed by atoms with van der Waals surface area (Å²) in [5.41, 5.74) is 5.35. The quantitative estimate of drug-likeness (QED) is 0.345. The van der Waals surface area contributed by atoms with Crippen LogP contribution in [-0.2, 0) is 19.5 Å². The van der Waals surface area contributed by atoms with E-state index in [1.165, 1.54) is 21.0 Å². The number of likely N-dealkylation sites (N-methyl/N-ethyl adjacent to an activating group) is 1. The third kappa shape index (κ3) is 4.07. The summed E-state index contributed by atoms with van der Waals surface area (Å²) in [5.74, 6) is 0.764. The number of thiophene rings is 1. The van der Waals surface area contributed by atoms with Gasteiger partial charge in [-0.15, -0.1) is 11.3 Å². The van der Waals surface area contributed by atoms with Gasteiger partial charge in [0.2, 0.25) is 0 Å². The normalized spacial score (nSPS) is 17.1. The molecule has 1 atom stereocenters. The summed E-state index contributed by atoms with van der Waals surface area (Å²) in [4.78, 5) is 19.7. The van der Waals surface area contributed by atoms with E-state index in [1.54, 1.807) is 19.2 Å². The fraction of sp³-hybridized carbons (Fsp3) is 0.250. The number of urea groups is 1. The number of hydrogen-bond donors (Lipinski definition) is 1. The van der Waals surface area contributed by atoms with Crippen molar-refractivity contribution in [3.8, 4) is 10.8 Å². The molecule has 2 aromatic carbocycles. The van der Waals surface area contributed by atoms with E-state index in [2.05, 4.69) is 46.2 Å². The van der Waals surface area contributed by atoms with Crippen molar-refractivity contribution >= 4 is 34.7 Å². The molecule has 0 saturated carbocycles. The van der Waals surface area contributed by atoms with Crippen LogP contribution in [0.5, 0.6) is 5.75 Å². The fourth-order valence-electron chi connectivity index (χ4n) is 5.28. The smallest absolute Gasteiger partial charge is 0.322 e. The van der Waals surface area contributed by atoms with E-state index in [0.29, 0.717) is 17.3 Å². The highest BCUT2D eigenvalue weighted by molar-refractivity contribution is 7.15. The van der Waals surface area contributed by atoms with Gasteiger partial charge in [0.25, 0.3) is 0 Å². The number of aromatic nitrogens is 1. The molecule has 0 unspecified atom stereocenters. The molecule has 0 fully saturated rings. The first kappa shape index (κ1) is 23.2. The maximum absolute atomic E-state index is 14.0. The molecule has 0 aliphatic carbocycles. The molecular weight excluding hydrogens is 492 g/mol. The second kappa shape index (κ2) is 9.32. The second-order valence-corrected chi connectivity index (χ2v) is 10.8. The zero-order valence-corrected chi connectivity index (χ0v) is 21.8. The standard InChI is InChI=1S/C28H27ClN4O2S/c1-31-13-11-22-23-16-33(28(34)30-20-8-4-7-19(29)15-20)26(18-6-3-9-21(14-18)35-2)24-10-5-12-32(24)27(23)36-25(22)17-31/h3-10,12,14-15,26H,11,13,16-17H2,1-2H3,(H,30,34)/t26-/m1/s1. The van der Waals surface area contributed by atoms with Gasteiger partial charge in [0.15, 0.2) is 0 Å². The SMILES string of the molecule is COc1cccc([C@@H]2c3cccn3-c3sc4c(c3CN2C(=O)Nc2cccc(Cl)c2)CCN(C)C4)c1. The molecule has 2 aromatic heterocycles. The summed E-state index contributed by atoms with van der Waals surface area (Å²) in [5, 5.41) is 4.89. The van der Waals surface area contributed by atoms with Gasteiger partial charge in [0.05, 0.1) is 25.4 Å². The highest BCUT2D eigenvalue weighted by atomic mass is 35.5. The van der Waals surface area contributed by atoms with E-state index in [0.717, 1.165) is 36.5 Å². The predicted octanol–water partition coefficient (Wildman–Crippen LogP) is 6.33. The van der Waals surface area contributed by atoms with Crippen LogP contribution >= 0.6 is 22.9 Å². The molecule has 2 aliphatic heterocycles. The summed E-state index contributed by atoms with van der Waals surface area (Å²) in [6.07, 6.45) is 3.10. The number of benzene rings is 2. The highest BCUT2D eigenvalue weighted by Gasteiger charge is 2.36. The van der Waals surface area contributed by atoms with Crippen molar-refractivity contribution in [2.24, 2.45) is 0 Å². The van der Waals surface area contributed by atoms with Crippen LogP contribution in [0.2, 0.25) is 5.02 Å². The molecule has 6 nitrogen and oxygen atoms in total. The Bertz CT molecular complexity index is 1450. The minimum atomic E-state index is -0.296. The number of amides is 2. The lowest BCUT2D eigenvalue weighted by Gasteiger charge is -2.32. The molecule has 36 heavy (non-hydrogen) atoms. The monoisotopic (exact) mass is 518 g/mol. The first-order valence-corrected chi connectivity index (χ1v) is 13.2. The largest absolute Gasteiger partial charge is 0.497 e. The van der Waals surface area contributed by atoms with E-state index >= 15 is 0 Å². The molecule has 0 spiro atoms. The molecule has 4 aromatic rings. The topological polar surface area (TPSA) is 49.7 Å². The average molecular weight is 519 g/mol. The average Bonchev–Trinajstić information content (AvgIpc) is 3.45. The third-order valence-electron chi connectivity index (χ3n) is 7.00. The number of nitrogens with one attached hydrogen (secondary N) is 1. The van der Waals surface area contributed by atoms with E-state index in [9.17, 15) is 4.79 Å². The molecule has 4 heterocycles. The number of ether oxygens (including phenoxy) is 1. The van der Waals surface area contributed by atoms with Gasteiger partial charge in [-0.3, -0.25) is 0 Å². The maximum Gasteiger partial charge on any atom is 0.322 e. The molecule has 2 amide bonds. The summed E-state index contributed by atoms with van der Waals surface area (Å²) < 4.78 is 7.81. The lowest BCUT2D eigenvalue weighted by molar-refractivity contribution is 0.194. The Morgan fingerprint density at radius 3 is 2.78 bits per heavy atom. The van der Waals surface area contributed by atoms with E-state index in [-0.39, 0.29) is 12.1 Å². The van der Waals surface area contributed by atoms with Crippen LogP contribution < -0.4 is 10.1 Å². The van der Waals surface area contributed by atoms with Crippen molar-refractivity contribution < 1.29 is 9.53 Å². The third-order valence-corrected chi connectivity index (χ3v) is 8.50. The van der Waals surface area contributed by atoms with Gasteiger partial charge < -0.3 is 24.4 Å². The van der Waals surface area contributed by atoms with Gasteiger partial charge in [0.1, 0.15) is 10.8 Å². The number of anilines is 1. The Balaban J connectivity index is 1.50. The van der Waals surface area contributed by atoms with Crippen LogP contribution in [0.25, 0.3) is 5.00 Å². The van der Waals surface area contributed by atoms with Crippen LogP contribution in [0.1, 0.15) is 33.3 Å². The molecule has 1 N–H and O–H groups in total. The minimum absolute atomic E-state index is 0.168. The van der Waals surface area contributed by atoms with Gasteiger partial charge in [0, 0.05) is 40.4 Å². The molecule has 6 rings (SSSR count). The molecule has 2 aliphatic rings. The number of methoxy groups -OCH3 is 1.